The second-order valence-corrected chi connectivity index (χ2v) is 3.73. The van der Waals surface area contributed by atoms with Crippen LogP contribution < -0.4 is 5.73 Å². The van der Waals surface area contributed by atoms with Gasteiger partial charge in [-0.2, -0.15) is 13.2 Å². The lowest BCUT2D eigenvalue weighted by Crippen LogP contribution is -2.16. The van der Waals surface area contributed by atoms with Gasteiger partial charge in [-0.1, -0.05) is 19.1 Å². The molecule has 16 heavy (non-hydrogen) atoms. The van der Waals surface area contributed by atoms with E-state index in [4.69, 9.17) is 5.73 Å². The van der Waals surface area contributed by atoms with Crippen LogP contribution in [0, 0.1) is 5.92 Å². The zero-order valence-electron chi connectivity index (χ0n) is 8.76. The highest BCUT2D eigenvalue weighted by Crippen LogP contribution is 2.31. The van der Waals surface area contributed by atoms with Crippen molar-refractivity contribution >= 4 is 0 Å². The van der Waals surface area contributed by atoms with E-state index >= 15 is 0 Å². The van der Waals surface area contributed by atoms with Crippen LogP contribution in [-0.4, -0.2) is 6.54 Å². The maximum Gasteiger partial charge on any atom is 0.416 e. The van der Waals surface area contributed by atoms with Crippen molar-refractivity contribution in [2.75, 3.05) is 6.54 Å². The Morgan fingerprint density at radius 1 is 1.19 bits per heavy atom. The molecule has 0 amide bonds. The van der Waals surface area contributed by atoms with Crippen LogP contribution in [0.4, 0.5) is 17.6 Å². The molecule has 1 aromatic rings. The Morgan fingerprint density at radius 2 is 1.69 bits per heavy atom. The molecule has 1 aromatic carbocycles. The predicted octanol–water partition coefficient (Wildman–Crippen LogP) is 3.31. The van der Waals surface area contributed by atoms with Crippen molar-refractivity contribution in [2.45, 2.75) is 19.3 Å². The molecule has 1 nitrogen and oxygen atoms in total. The van der Waals surface area contributed by atoms with E-state index in [0.717, 1.165) is 24.3 Å². The summed E-state index contributed by atoms with van der Waals surface area (Å²) in [5.74, 6) is -0.406. The van der Waals surface area contributed by atoms with Crippen molar-refractivity contribution in [2.24, 2.45) is 11.7 Å². The summed E-state index contributed by atoms with van der Waals surface area (Å²) in [6.45, 7) is 1.77. The number of hydrogen-bond donors (Lipinski definition) is 1. The zero-order valence-corrected chi connectivity index (χ0v) is 8.76. The average molecular weight is 235 g/mol. The molecular formula is C11H13F4N. The van der Waals surface area contributed by atoms with Crippen LogP contribution >= 0.6 is 0 Å². The standard InChI is InChI=1S/C11H13F4N/c1-7(6-16)10(12)8-2-4-9(5-3-8)11(13,14)15/h2-5,7,10H,6,16H2,1H3. The van der Waals surface area contributed by atoms with Crippen LogP contribution in [0.1, 0.15) is 24.2 Å². The number of rotatable bonds is 3. The molecule has 1 rings (SSSR count). The van der Waals surface area contributed by atoms with E-state index in [1.165, 1.54) is 0 Å². The maximum atomic E-state index is 13.6. The molecule has 90 valence electrons. The SMILES string of the molecule is CC(CN)C(F)c1ccc(C(F)(F)F)cc1. The monoisotopic (exact) mass is 235 g/mol. The van der Waals surface area contributed by atoms with Crippen molar-refractivity contribution in [3.63, 3.8) is 0 Å². The summed E-state index contributed by atoms with van der Waals surface area (Å²) in [6.07, 6.45) is -5.71. The molecular weight excluding hydrogens is 222 g/mol. The molecule has 0 aliphatic carbocycles. The van der Waals surface area contributed by atoms with E-state index in [2.05, 4.69) is 0 Å². The smallest absolute Gasteiger partial charge is 0.330 e. The minimum Gasteiger partial charge on any atom is -0.330 e. The second-order valence-electron chi connectivity index (χ2n) is 3.73. The van der Waals surface area contributed by atoms with Crippen LogP contribution in [0.2, 0.25) is 0 Å². The van der Waals surface area contributed by atoms with Crippen molar-refractivity contribution < 1.29 is 17.6 Å². The molecule has 0 heterocycles. The Balaban J connectivity index is 2.87. The lowest BCUT2D eigenvalue weighted by atomic mass is 9.98. The first-order chi connectivity index (χ1) is 7.36. The summed E-state index contributed by atoms with van der Waals surface area (Å²) in [5.41, 5.74) is 4.74. The largest absolute Gasteiger partial charge is 0.416 e. The van der Waals surface area contributed by atoms with Gasteiger partial charge in [0.25, 0.3) is 0 Å². The van der Waals surface area contributed by atoms with E-state index in [-0.39, 0.29) is 12.1 Å². The van der Waals surface area contributed by atoms with Gasteiger partial charge in [0.1, 0.15) is 6.17 Å². The van der Waals surface area contributed by atoms with E-state index in [9.17, 15) is 17.6 Å². The molecule has 5 heteroatoms. The van der Waals surface area contributed by atoms with Crippen molar-refractivity contribution in [1.82, 2.24) is 0 Å². The number of halogens is 4. The van der Waals surface area contributed by atoms with Gasteiger partial charge < -0.3 is 5.73 Å². The molecule has 0 saturated carbocycles. The lowest BCUT2D eigenvalue weighted by Gasteiger charge is -2.15. The quantitative estimate of drug-likeness (QED) is 0.799. The summed E-state index contributed by atoms with van der Waals surface area (Å²) in [4.78, 5) is 0. The number of alkyl halides is 4. The summed E-state index contributed by atoms with van der Waals surface area (Å²) in [5, 5.41) is 0. The molecule has 2 atom stereocenters. The minimum atomic E-state index is -4.39. The van der Waals surface area contributed by atoms with Crippen LogP contribution in [0.5, 0.6) is 0 Å². The highest BCUT2D eigenvalue weighted by atomic mass is 19.4. The Morgan fingerprint density at radius 3 is 2.06 bits per heavy atom. The first-order valence-corrected chi connectivity index (χ1v) is 4.87. The fraction of sp³-hybridized carbons (Fsp3) is 0.455. The topological polar surface area (TPSA) is 26.0 Å². The molecule has 0 fully saturated rings. The molecule has 0 aliphatic heterocycles. The van der Waals surface area contributed by atoms with Crippen LogP contribution in [0.25, 0.3) is 0 Å². The fourth-order valence-electron chi connectivity index (χ4n) is 1.30. The fourth-order valence-corrected chi connectivity index (χ4v) is 1.30. The lowest BCUT2D eigenvalue weighted by molar-refractivity contribution is -0.137. The van der Waals surface area contributed by atoms with E-state index in [0.29, 0.717) is 0 Å². The Hall–Kier alpha value is -1.10. The van der Waals surface area contributed by atoms with Gasteiger partial charge in [-0.05, 0) is 24.2 Å². The number of hydrogen-bond acceptors (Lipinski definition) is 1. The van der Waals surface area contributed by atoms with Crippen LogP contribution in [0.3, 0.4) is 0 Å². The van der Waals surface area contributed by atoms with Crippen LogP contribution in [-0.2, 0) is 6.18 Å². The predicted molar refractivity (Wildman–Crippen MR) is 53.5 cm³/mol. The number of nitrogens with two attached hydrogens (primary N) is 1. The van der Waals surface area contributed by atoms with Crippen molar-refractivity contribution in [3.05, 3.63) is 35.4 Å². The van der Waals surface area contributed by atoms with Crippen molar-refractivity contribution in [3.8, 4) is 0 Å². The van der Waals surface area contributed by atoms with Gasteiger partial charge in [0.15, 0.2) is 0 Å². The van der Waals surface area contributed by atoms with Crippen LogP contribution in [0.15, 0.2) is 24.3 Å². The summed E-state index contributed by atoms with van der Waals surface area (Å²) >= 11 is 0. The molecule has 0 aromatic heterocycles. The van der Waals surface area contributed by atoms with Gasteiger partial charge in [0.2, 0.25) is 0 Å². The molecule has 0 bridgehead atoms. The van der Waals surface area contributed by atoms with E-state index in [1.54, 1.807) is 6.92 Å². The average Bonchev–Trinajstić information content (AvgIpc) is 2.26. The van der Waals surface area contributed by atoms with Gasteiger partial charge in [-0.15, -0.1) is 0 Å². The van der Waals surface area contributed by atoms with Gasteiger partial charge >= 0.3 is 6.18 Å². The maximum absolute atomic E-state index is 13.6. The molecule has 0 spiro atoms. The van der Waals surface area contributed by atoms with Crippen molar-refractivity contribution in [1.29, 1.82) is 0 Å². The Bertz CT molecular complexity index is 331. The summed E-state index contributed by atoms with van der Waals surface area (Å²) in [7, 11) is 0. The van der Waals surface area contributed by atoms with Gasteiger partial charge in [0, 0.05) is 5.92 Å². The molecule has 0 radical (unpaired) electrons. The first-order valence-electron chi connectivity index (χ1n) is 4.87. The minimum absolute atomic E-state index is 0.155. The van der Waals surface area contributed by atoms with E-state index < -0.39 is 23.8 Å². The third kappa shape index (κ3) is 2.95. The Labute approximate surface area is 91.3 Å². The molecule has 0 saturated heterocycles. The van der Waals surface area contributed by atoms with Gasteiger partial charge in [-0.3, -0.25) is 0 Å². The van der Waals surface area contributed by atoms with E-state index in [1.807, 2.05) is 0 Å². The summed E-state index contributed by atoms with van der Waals surface area (Å²) in [6, 6.07) is 4.07. The number of benzene rings is 1. The highest BCUT2D eigenvalue weighted by molar-refractivity contribution is 5.26. The highest BCUT2D eigenvalue weighted by Gasteiger charge is 2.30. The summed E-state index contributed by atoms with van der Waals surface area (Å²) < 4.78 is 50.3. The third-order valence-electron chi connectivity index (χ3n) is 2.43. The third-order valence-corrected chi connectivity index (χ3v) is 2.43. The normalized spacial score (nSPS) is 15.9. The first kappa shape index (κ1) is 13.0. The van der Waals surface area contributed by atoms with Gasteiger partial charge in [0.05, 0.1) is 5.56 Å². The molecule has 2 unspecified atom stereocenters. The second kappa shape index (κ2) is 4.82. The molecule has 2 N–H and O–H groups in total. The molecule has 0 aliphatic rings. The van der Waals surface area contributed by atoms with Gasteiger partial charge in [-0.25, -0.2) is 4.39 Å². The zero-order chi connectivity index (χ0) is 12.3. The Kier molecular flexibility index (Phi) is 3.91.